The lowest BCUT2D eigenvalue weighted by atomic mass is 9.97. The number of ketones is 1. The van der Waals surface area contributed by atoms with Crippen molar-refractivity contribution in [3.05, 3.63) is 35.9 Å². The van der Waals surface area contributed by atoms with E-state index in [9.17, 15) is 10.0 Å². The fourth-order valence-electron chi connectivity index (χ4n) is 4.20. The molecular weight excluding hydrogens is 398 g/mol. The first-order valence-electron chi connectivity index (χ1n) is 13.3. The van der Waals surface area contributed by atoms with E-state index >= 15 is 0 Å². The molecule has 2 atom stereocenters. The molecule has 0 fully saturated rings. The Morgan fingerprint density at radius 1 is 0.812 bits per heavy atom. The molecule has 32 heavy (non-hydrogen) atoms. The van der Waals surface area contributed by atoms with Gasteiger partial charge in [-0.05, 0) is 18.4 Å². The Labute approximate surface area is 197 Å². The third-order valence-corrected chi connectivity index (χ3v) is 6.24. The average Bonchev–Trinajstić information content (AvgIpc) is 2.81. The molecule has 0 saturated carbocycles. The minimum absolute atomic E-state index is 0.00870. The molecule has 0 amide bonds. The van der Waals surface area contributed by atoms with Crippen molar-refractivity contribution in [1.82, 2.24) is 5.48 Å². The second kappa shape index (κ2) is 20.4. The van der Waals surface area contributed by atoms with E-state index in [2.05, 4.69) is 19.3 Å². The lowest BCUT2D eigenvalue weighted by molar-refractivity contribution is -0.126. The molecule has 0 aromatic heterocycles. The third kappa shape index (κ3) is 14.0. The first kappa shape index (κ1) is 28.8. The van der Waals surface area contributed by atoms with Gasteiger partial charge in [0.1, 0.15) is 6.04 Å². The SMILES string of the molecule is CCCCCCCCCCOC(CCCCCCCC)CC(=O)C(NO)c1ccccc1. The summed E-state index contributed by atoms with van der Waals surface area (Å²) in [6, 6.07) is 8.75. The van der Waals surface area contributed by atoms with Gasteiger partial charge in [0.15, 0.2) is 5.78 Å². The van der Waals surface area contributed by atoms with Gasteiger partial charge in [-0.2, -0.15) is 5.48 Å². The zero-order valence-electron chi connectivity index (χ0n) is 20.8. The van der Waals surface area contributed by atoms with Crippen LogP contribution in [0.3, 0.4) is 0 Å². The van der Waals surface area contributed by atoms with Crippen molar-refractivity contribution in [3.8, 4) is 0 Å². The van der Waals surface area contributed by atoms with Crippen molar-refractivity contribution in [3.63, 3.8) is 0 Å². The van der Waals surface area contributed by atoms with E-state index in [1.807, 2.05) is 30.3 Å². The van der Waals surface area contributed by atoms with Crippen LogP contribution in [-0.2, 0) is 9.53 Å². The van der Waals surface area contributed by atoms with Crippen molar-refractivity contribution in [2.45, 2.75) is 129 Å². The summed E-state index contributed by atoms with van der Waals surface area (Å²) in [6.45, 7) is 5.22. The van der Waals surface area contributed by atoms with E-state index in [0.29, 0.717) is 6.42 Å². The van der Waals surface area contributed by atoms with Gasteiger partial charge in [-0.1, -0.05) is 128 Å². The maximum atomic E-state index is 12.9. The number of hydrogen-bond acceptors (Lipinski definition) is 4. The Bertz CT molecular complexity index is 549. The number of carbonyl (C=O) groups is 1. The van der Waals surface area contributed by atoms with Crippen LogP contribution in [0.5, 0.6) is 0 Å². The first-order chi connectivity index (χ1) is 15.7. The number of hydroxylamine groups is 1. The predicted molar refractivity (Wildman–Crippen MR) is 134 cm³/mol. The number of carbonyl (C=O) groups excluding carboxylic acids is 1. The zero-order chi connectivity index (χ0) is 23.3. The van der Waals surface area contributed by atoms with Crippen LogP contribution in [0.25, 0.3) is 0 Å². The molecular formula is C28H49NO3. The van der Waals surface area contributed by atoms with Gasteiger partial charge in [-0.25, -0.2) is 0 Å². The van der Waals surface area contributed by atoms with E-state index in [0.717, 1.165) is 31.4 Å². The van der Waals surface area contributed by atoms with E-state index in [1.54, 1.807) is 0 Å². The molecule has 184 valence electrons. The normalized spacial score (nSPS) is 13.2. The van der Waals surface area contributed by atoms with Crippen LogP contribution in [0.15, 0.2) is 30.3 Å². The Hall–Kier alpha value is -1.23. The highest BCUT2D eigenvalue weighted by atomic mass is 16.5. The van der Waals surface area contributed by atoms with Gasteiger partial charge in [-0.3, -0.25) is 4.79 Å². The summed E-state index contributed by atoms with van der Waals surface area (Å²) in [4.78, 5) is 12.9. The Balaban J connectivity index is 2.42. The van der Waals surface area contributed by atoms with E-state index in [4.69, 9.17) is 4.74 Å². The molecule has 0 bridgehead atoms. The van der Waals surface area contributed by atoms with Gasteiger partial charge >= 0.3 is 0 Å². The highest BCUT2D eigenvalue weighted by Crippen LogP contribution is 2.20. The van der Waals surface area contributed by atoms with Crippen LogP contribution in [-0.4, -0.2) is 23.7 Å². The summed E-state index contributed by atoms with van der Waals surface area (Å²) in [6.07, 6.45) is 18.8. The van der Waals surface area contributed by atoms with Gasteiger partial charge in [0.2, 0.25) is 0 Å². The highest BCUT2D eigenvalue weighted by Gasteiger charge is 2.23. The fourth-order valence-corrected chi connectivity index (χ4v) is 4.20. The van der Waals surface area contributed by atoms with Gasteiger partial charge in [0.25, 0.3) is 0 Å². The molecule has 1 aromatic carbocycles. The van der Waals surface area contributed by atoms with Crippen molar-refractivity contribution in [1.29, 1.82) is 0 Å². The number of ether oxygens (including phenoxy) is 1. The van der Waals surface area contributed by atoms with E-state index < -0.39 is 6.04 Å². The monoisotopic (exact) mass is 447 g/mol. The van der Waals surface area contributed by atoms with E-state index in [1.165, 1.54) is 77.0 Å². The van der Waals surface area contributed by atoms with Crippen molar-refractivity contribution in [2.24, 2.45) is 0 Å². The Kier molecular flexibility index (Phi) is 18.3. The summed E-state index contributed by atoms with van der Waals surface area (Å²) >= 11 is 0. The lowest BCUT2D eigenvalue weighted by Crippen LogP contribution is -2.30. The van der Waals surface area contributed by atoms with Gasteiger partial charge in [-0.15, -0.1) is 0 Å². The average molecular weight is 448 g/mol. The maximum Gasteiger partial charge on any atom is 0.159 e. The van der Waals surface area contributed by atoms with E-state index in [-0.39, 0.29) is 11.9 Å². The molecule has 0 saturated heterocycles. The van der Waals surface area contributed by atoms with Crippen molar-refractivity contribution in [2.75, 3.05) is 6.61 Å². The molecule has 1 aromatic rings. The lowest BCUT2D eigenvalue weighted by Gasteiger charge is -2.21. The fraction of sp³-hybridized carbons (Fsp3) is 0.750. The quantitative estimate of drug-likeness (QED) is 0.140. The molecule has 2 unspecified atom stereocenters. The molecule has 4 nitrogen and oxygen atoms in total. The second-order valence-electron chi connectivity index (χ2n) is 9.17. The van der Waals surface area contributed by atoms with Crippen molar-refractivity contribution >= 4 is 5.78 Å². The molecule has 4 heteroatoms. The molecule has 0 heterocycles. The third-order valence-electron chi connectivity index (χ3n) is 6.24. The smallest absolute Gasteiger partial charge is 0.159 e. The topological polar surface area (TPSA) is 58.6 Å². The summed E-state index contributed by atoms with van der Waals surface area (Å²) in [5.74, 6) is -0.00870. The van der Waals surface area contributed by atoms with Crippen LogP contribution in [0.2, 0.25) is 0 Å². The van der Waals surface area contributed by atoms with Crippen LogP contribution >= 0.6 is 0 Å². The molecule has 2 N–H and O–H groups in total. The second-order valence-corrected chi connectivity index (χ2v) is 9.17. The first-order valence-corrected chi connectivity index (χ1v) is 13.3. The van der Waals surface area contributed by atoms with Crippen LogP contribution < -0.4 is 5.48 Å². The molecule has 0 radical (unpaired) electrons. The summed E-state index contributed by atoms with van der Waals surface area (Å²) < 4.78 is 6.19. The standard InChI is InChI=1S/C28H49NO3/c1-3-5-7-9-11-12-14-19-23-32-26(22-18-13-10-8-6-4-2)24-27(30)28(29-31)25-20-16-15-17-21-25/h15-17,20-21,26,28-29,31H,3-14,18-19,22-24H2,1-2H3. The number of hydrogen-bond donors (Lipinski definition) is 2. The molecule has 0 aliphatic heterocycles. The zero-order valence-corrected chi connectivity index (χ0v) is 20.8. The number of Topliss-reactive ketones (excluding diaryl/α,β-unsaturated/α-hetero) is 1. The number of benzene rings is 1. The number of unbranched alkanes of at least 4 members (excludes halogenated alkanes) is 12. The molecule has 0 aliphatic carbocycles. The predicted octanol–water partition coefficient (Wildman–Crippen LogP) is 7.94. The van der Waals surface area contributed by atoms with Gasteiger partial charge < -0.3 is 9.94 Å². The molecule has 0 aliphatic rings. The van der Waals surface area contributed by atoms with Crippen LogP contribution in [0.1, 0.15) is 128 Å². The summed E-state index contributed by atoms with van der Waals surface area (Å²) in [7, 11) is 0. The Morgan fingerprint density at radius 3 is 1.91 bits per heavy atom. The number of nitrogens with one attached hydrogen (secondary N) is 1. The minimum Gasteiger partial charge on any atom is -0.378 e. The Morgan fingerprint density at radius 2 is 1.34 bits per heavy atom. The van der Waals surface area contributed by atoms with Crippen molar-refractivity contribution < 1.29 is 14.7 Å². The largest absolute Gasteiger partial charge is 0.378 e. The van der Waals surface area contributed by atoms with Crippen LogP contribution in [0, 0.1) is 0 Å². The summed E-state index contributed by atoms with van der Waals surface area (Å²) in [5, 5.41) is 9.60. The molecule has 0 spiro atoms. The van der Waals surface area contributed by atoms with Gasteiger partial charge in [0.05, 0.1) is 6.10 Å². The maximum absolute atomic E-state index is 12.9. The summed E-state index contributed by atoms with van der Waals surface area (Å²) in [5.41, 5.74) is 3.01. The minimum atomic E-state index is -0.685. The highest BCUT2D eigenvalue weighted by molar-refractivity contribution is 5.85. The van der Waals surface area contributed by atoms with Crippen LogP contribution in [0.4, 0.5) is 0 Å². The number of rotatable bonds is 22. The molecule has 1 rings (SSSR count). The van der Waals surface area contributed by atoms with Gasteiger partial charge in [0, 0.05) is 13.0 Å².